The summed E-state index contributed by atoms with van der Waals surface area (Å²) in [7, 11) is 2.09. The highest BCUT2D eigenvalue weighted by Crippen LogP contribution is 2.15. The van der Waals surface area contributed by atoms with Crippen LogP contribution in [0.3, 0.4) is 0 Å². The van der Waals surface area contributed by atoms with Crippen molar-refractivity contribution >= 4 is 12.4 Å². The molecule has 0 bridgehead atoms. The number of halogens is 2. The third kappa shape index (κ3) is 6.29. The molecule has 0 unspecified atom stereocenters. The van der Waals surface area contributed by atoms with E-state index in [0.29, 0.717) is 13.1 Å². The van der Waals surface area contributed by atoms with Crippen molar-refractivity contribution < 1.29 is 4.39 Å². The molecule has 2 aromatic rings. The zero-order valence-corrected chi connectivity index (χ0v) is 14.8. The quantitative estimate of drug-likeness (QED) is 0.843. The molecule has 6 heteroatoms. The average molecular weight is 341 g/mol. The van der Waals surface area contributed by atoms with E-state index < -0.39 is 0 Å². The van der Waals surface area contributed by atoms with Gasteiger partial charge in [0.15, 0.2) is 0 Å². The summed E-state index contributed by atoms with van der Waals surface area (Å²) in [5.41, 5.74) is 8.09. The lowest BCUT2D eigenvalue weighted by Gasteiger charge is -2.28. The molecule has 2 rings (SSSR count). The number of nitrogens with two attached hydrogens (primary N) is 1. The molecule has 0 aliphatic rings. The van der Waals surface area contributed by atoms with Crippen LogP contribution >= 0.6 is 12.4 Å². The van der Waals surface area contributed by atoms with Gasteiger partial charge in [0.1, 0.15) is 5.82 Å². The molecular formula is C17H26ClFN4. The first-order valence-corrected chi connectivity index (χ1v) is 7.52. The molecule has 0 radical (unpaired) electrons. The first-order chi connectivity index (χ1) is 10.4. The van der Waals surface area contributed by atoms with E-state index in [0.717, 1.165) is 24.2 Å². The van der Waals surface area contributed by atoms with Crippen molar-refractivity contribution in [1.82, 2.24) is 14.7 Å². The summed E-state index contributed by atoms with van der Waals surface area (Å²) >= 11 is 0. The normalized spacial score (nSPS) is 11.6. The van der Waals surface area contributed by atoms with Crippen LogP contribution in [0.25, 0.3) is 0 Å². The molecule has 1 aromatic carbocycles. The van der Waals surface area contributed by atoms with Gasteiger partial charge in [0.05, 0.1) is 12.7 Å². The number of aromatic nitrogens is 2. The Morgan fingerprint density at radius 1 is 1.22 bits per heavy atom. The summed E-state index contributed by atoms with van der Waals surface area (Å²) in [5.74, 6) is -0.214. The van der Waals surface area contributed by atoms with Crippen molar-refractivity contribution in [3.05, 3.63) is 53.6 Å². The largest absolute Gasteiger partial charge is 0.330 e. The fraction of sp³-hybridized carbons (Fsp3) is 0.471. The van der Waals surface area contributed by atoms with Gasteiger partial charge in [-0.2, -0.15) is 5.10 Å². The zero-order chi connectivity index (χ0) is 16.2. The van der Waals surface area contributed by atoms with Crippen LogP contribution in [0, 0.1) is 11.2 Å². The summed E-state index contributed by atoms with van der Waals surface area (Å²) < 4.78 is 14.8. The molecule has 0 fully saturated rings. The van der Waals surface area contributed by atoms with Gasteiger partial charge >= 0.3 is 0 Å². The van der Waals surface area contributed by atoms with E-state index >= 15 is 0 Å². The van der Waals surface area contributed by atoms with Gasteiger partial charge in [-0.3, -0.25) is 4.68 Å². The highest BCUT2D eigenvalue weighted by Gasteiger charge is 2.18. The molecule has 0 aliphatic carbocycles. The minimum absolute atomic E-state index is 0. The van der Waals surface area contributed by atoms with Crippen molar-refractivity contribution in [2.75, 3.05) is 20.1 Å². The van der Waals surface area contributed by atoms with Crippen LogP contribution in [0.15, 0.2) is 36.7 Å². The molecule has 0 atom stereocenters. The third-order valence-corrected chi connectivity index (χ3v) is 3.65. The molecule has 4 nitrogen and oxygen atoms in total. The first kappa shape index (κ1) is 19.6. The van der Waals surface area contributed by atoms with Crippen LogP contribution in [0.5, 0.6) is 0 Å². The molecule has 0 aliphatic heterocycles. The van der Waals surface area contributed by atoms with E-state index in [2.05, 4.69) is 30.9 Å². The first-order valence-electron chi connectivity index (χ1n) is 7.52. The molecule has 0 amide bonds. The van der Waals surface area contributed by atoms with E-state index in [1.54, 1.807) is 12.1 Å². The number of benzene rings is 1. The number of hydrogen-bond donors (Lipinski definition) is 1. The Morgan fingerprint density at radius 3 is 2.48 bits per heavy atom. The molecule has 23 heavy (non-hydrogen) atoms. The van der Waals surface area contributed by atoms with Crippen LogP contribution in [0.2, 0.25) is 0 Å². The maximum absolute atomic E-state index is 12.9. The smallest absolute Gasteiger partial charge is 0.123 e. The van der Waals surface area contributed by atoms with E-state index in [9.17, 15) is 4.39 Å². The number of rotatable bonds is 7. The van der Waals surface area contributed by atoms with Gasteiger partial charge in [0, 0.05) is 24.8 Å². The van der Waals surface area contributed by atoms with Gasteiger partial charge in [-0.05, 0) is 36.7 Å². The van der Waals surface area contributed by atoms with Gasteiger partial charge in [-0.15, -0.1) is 12.4 Å². The summed E-state index contributed by atoms with van der Waals surface area (Å²) in [6.07, 6.45) is 3.92. The molecule has 2 N–H and O–H groups in total. The minimum Gasteiger partial charge on any atom is -0.330 e. The van der Waals surface area contributed by atoms with Gasteiger partial charge in [-0.1, -0.05) is 26.0 Å². The second-order valence-corrected chi connectivity index (χ2v) is 6.71. The van der Waals surface area contributed by atoms with Gasteiger partial charge in [0.2, 0.25) is 0 Å². The predicted octanol–water partition coefficient (Wildman–Crippen LogP) is 2.91. The van der Waals surface area contributed by atoms with Crippen molar-refractivity contribution in [3.63, 3.8) is 0 Å². The summed E-state index contributed by atoms with van der Waals surface area (Å²) in [6, 6.07) is 6.52. The predicted molar refractivity (Wildman–Crippen MR) is 94.1 cm³/mol. The molecule has 0 saturated carbocycles. The maximum Gasteiger partial charge on any atom is 0.123 e. The van der Waals surface area contributed by atoms with E-state index in [1.165, 1.54) is 12.1 Å². The van der Waals surface area contributed by atoms with E-state index in [1.807, 2.05) is 17.1 Å². The maximum atomic E-state index is 12.9. The molecular weight excluding hydrogens is 315 g/mol. The van der Waals surface area contributed by atoms with Gasteiger partial charge in [-0.25, -0.2) is 4.39 Å². The standard InChI is InChI=1S/C17H25FN4.ClH/c1-17(2,12-19)13-21(3)9-15-8-20-22(11-15)10-14-4-6-16(18)7-5-14;/h4-8,11H,9-10,12-13,19H2,1-3H3;1H. The second kappa shape index (κ2) is 8.43. The summed E-state index contributed by atoms with van der Waals surface area (Å²) in [5, 5.41) is 4.38. The molecule has 0 spiro atoms. The molecule has 1 aromatic heterocycles. The lowest BCUT2D eigenvalue weighted by molar-refractivity contribution is 0.210. The Balaban J connectivity index is 0.00000264. The van der Waals surface area contributed by atoms with Gasteiger partial charge in [0.25, 0.3) is 0 Å². The van der Waals surface area contributed by atoms with Crippen LogP contribution < -0.4 is 5.73 Å². The van der Waals surface area contributed by atoms with Crippen LogP contribution in [0.4, 0.5) is 4.39 Å². The fourth-order valence-corrected chi connectivity index (χ4v) is 2.51. The summed E-state index contributed by atoms with van der Waals surface area (Å²) in [4.78, 5) is 2.26. The average Bonchev–Trinajstić information content (AvgIpc) is 2.88. The third-order valence-electron chi connectivity index (χ3n) is 3.65. The topological polar surface area (TPSA) is 47.1 Å². The monoisotopic (exact) mass is 340 g/mol. The Bertz CT molecular complexity index is 595. The highest BCUT2D eigenvalue weighted by molar-refractivity contribution is 5.85. The Morgan fingerprint density at radius 2 is 1.87 bits per heavy atom. The highest BCUT2D eigenvalue weighted by atomic mass is 35.5. The van der Waals surface area contributed by atoms with Crippen LogP contribution in [0.1, 0.15) is 25.0 Å². The Kier molecular flexibility index (Phi) is 7.19. The SMILES string of the molecule is CN(Cc1cnn(Cc2ccc(F)cc2)c1)CC(C)(C)CN.Cl. The molecule has 128 valence electrons. The summed E-state index contributed by atoms with van der Waals surface area (Å²) in [6.45, 7) is 7.43. The second-order valence-electron chi connectivity index (χ2n) is 6.71. The van der Waals surface area contributed by atoms with Crippen LogP contribution in [-0.4, -0.2) is 34.8 Å². The minimum atomic E-state index is -0.214. The lowest BCUT2D eigenvalue weighted by Crippen LogP contribution is -2.36. The van der Waals surface area contributed by atoms with Crippen LogP contribution in [-0.2, 0) is 13.1 Å². The molecule has 1 heterocycles. The molecule has 0 saturated heterocycles. The van der Waals surface area contributed by atoms with Crippen molar-refractivity contribution in [1.29, 1.82) is 0 Å². The number of nitrogens with zero attached hydrogens (tertiary/aromatic N) is 3. The number of hydrogen-bond acceptors (Lipinski definition) is 3. The van der Waals surface area contributed by atoms with Crippen molar-refractivity contribution in [2.24, 2.45) is 11.1 Å². The van der Waals surface area contributed by atoms with Crippen molar-refractivity contribution in [3.8, 4) is 0 Å². The Hall–Kier alpha value is -1.43. The van der Waals surface area contributed by atoms with Gasteiger partial charge < -0.3 is 10.6 Å². The lowest BCUT2D eigenvalue weighted by atomic mass is 9.93. The zero-order valence-electron chi connectivity index (χ0n) is 14.0. The van der Waals surface area contributed by atoms with E-state index in [4.69, 9.17) is 5.73 Å². The fourth-order valence-electron chi connectivity index (χ4n) is 2.51. The van der Waals surface area contributed by atoms with Crippen molar-refractivity contribution in [2.45, 2.75) is 26.9 Å². The van der Waals surface area contributed by atoms with E-state index in [-0.39, 0.29) is 23.6 Å². The Labute approximate surface area is 143 Å².